The molecule has 1 atom stereocenters. The minimum Gasteiger partial charge on any atom is -0.480 e. The van der Waals surface area contributed by atoms with Crippen molar-refractivity contribution in [1.29, 1.82) is 0 Å². The number of carbonyl (C=O) groups is 2. The molecule has 1 heterocycles. The van der Waals surface area contributed by atoms with Crippen LogP contribution in [0.2, 0.25) is 0 Å². The fraction of sp³-hybridized carbons (Fsp3) is 0.250. The summed E-state index contributed by atoms with van der Waals surface area (Å²) in [7, 11) is 0. The van der Waals surface area contributed by atoms with Crippen LogP contribution in [0.1, 0.15) is 52.0 Å². The Bertz CT molecular complexity index is 1070. The van der Waals surface area contributed by atoms with E-state index < -0.39 is 17.9 Å². The van der Waals surface area contributed by atoms with E-state index in [1.165, 1.54) is 0 Å². The van der Waals surface area contributed by atoms with Gasteiger partial charge < -0.3 is 14.8 Å². The lowest BCUT2D eigenvalue weighted by molar-refractivity contribution is -0.459. The van der Waals surface area contributed by atoms with E-state index in [0.717, 1.165) is 11.1 Å². The van der Waals surface area contributed by atoms with Gasteiger partial charge in [0.2, 0.25) is 5.89 Å². The fourth-order valence-electron chi connectivity index (χ4n) is 3.54. The number of aliphatic carboxylic acids is 1. The predicted octanol–water partition coefficient (Wildman–Crippen LogP) is 0.480. The van der Waals surface area contributed by atoms with E-state index in [4.69, 9.17) is 15.9 Å². The molecule has 0 fully saturated rings. The Morgan fingerprint density at radius 3 is 2.15 bits per heavy atom. The lowest BCUT2D eigenvalue weighted by Gasteiger charge is -2.14. The third kappa shape index (κ3) is 6.19. The maximum atomic E-state index is 12.9. The number of nitrogens with zero attached hydrogens (tertiary/aromatic N) is 1. The van der Waals surface area contributed by atoms with Crippen molar-refractivity contribution in [2.24, 2.45) is 11.5 Å². The summed E-state index contributed by atoms with van der Waals surface area (Å²) in [4.78, 5) is 31.7. The number of hydrogen-bond donors (Lipinski definition) is 5. The molecule has 0 radical (unpaired) electrons. The Hall–Kier alpha value is -4.14. The summed E-state index contributed by atoms with van der Waals surface area (Å²) in [6.45, 7) is 2.03. The van der Waals surface area contributed by atoms with Crippen molar-refractivity contribution in [3.8, 4) is 0 Å². The first-order chi connectivity index (χ1) is 15.9. The van der Waals surface area contributed by atoms with Crippen LogP contribution in [0.25, 0.3) is 0 Å². The van der Waals surface area contributed by atoms with Gasteiger partial charge >= 0.3 is 11.9 Å². The second-order valence-electron chi connectivity index (χ2n) is 7.60. The largest absolute Gasteiger partial charge is 0.480 e. The molecule has 1 amide bonds. The number of rotatable bonds is 10. The number of aryl methyl sites for hydroxylation is 1. The molecule has 0 unspecified atom stereocenters. The molecule has 0 spiro atoms. The van der Waals surface area contributed by atoms with Gasteiger partial charge in [0.05, 0.1) is 12.5 Å². The monoisotopic (exact) mass is 450 g/mol. The molecule has 2 aromatic carbocycles. The van der Waals surface area contributed by atoms with Gasteiger partial charge in [-0.3, -0.25) is 21.3 Å². The summed E-state index contributed by atoms with van der Waals surface area (Å²) in [6.07, 6.45) is 0.643. The molecule has 0 aliphatic heterocycles. The highest BCUT2D eigenvalue weighted by molar-refractivity contribution is 5.95. The van der Waals surface area contributed by atoms with Crippen LogP contribution in [0.3, 0.4) is 0 Å². The van der Waals surface area contributed by atoms with E-state index in [9.17, 15) is 14.7 Å². The number of guanidine groups is 1. The highest BCUT2D eigenvalue weighted by Crippen LogP contribution is 2.32. The molecule has 0 aliphatic rings. The van der Waals surface area contributed by atoms with Gasteiger partial charge in [-0.25, -0.2) is 9.78 Å². The van der Waals surface area contributed by atoms with Crippen molar-refractivity contribution < 1.29 is 24.1 Å². The summed E-state index contributed by atoms with van der Waals surface area (Å²) < 4.78 is 5.91. The van der Waals surface area contributed by atoms with Gasteiger partial charge in [0, 0.05) is 0 Å². The molecule has 0 aliphatic carbocycles. The molecule has 0 saturated heterocycles. The minimum atomic E-state index is -1.14. The molecule has 9 heteroatoms. The zero-order chi connectivity index (χ0) is 23.8. The zero-order valence-corrected chi connectivity index (χ0v) is 18.3. The van der Waals surface area contributed by atoms with Crippen LogP contribution in [0.4, 0.5) is 0 Å². The lowest BCUT2D eigenvalue weighted by Crippen LogP contribution is -2.78. The van der Waals surface area contributed by atoms with Crippen molar-refractivity contribution in [1.82, 2.24) is 10.3 Å². The molecule has 1 aromatic heterocycles. The predicted molar refractivity (Wildman–Crippen MR) is 122 cm³/mol. The number of carboxylic acid groups (broad SMARTS) is 1. The van der Waals surface area contributed by atoms with Crippen LogP contribution in [0, 0.1) is 6.92 Å². The number of aromatic nitrogens is 1. The van der Waals surface area contributed by atoms with E-state index in [1.807, 2.05) is 60.7 Å². The summed E-state index contributed by atoms with van der Waals surface area (Å²) >= 11 is 0. The van der Waals surface area contributed by atoms with Crippen molar-refractivity contribution >= 4 is 17.8 Å². The minimum absolute atomic E-state index is 0.0584. The molecule has 0 bridgehead atoms. The molecular weight excluding hydrogens is 422 g/mol. The first-order valence-electron chi connectivity index (χ1n) is 10.6. The molecule has 172 valence electrons. The van der Waals surface area contributed by atoms with Gasteiger partial charge in [-0.2, -0.15) is 0 Å². The van der Waals surface area contributed by atoms with Crippen LogP contribution in [0.15, 0.2) is 65.1 Å². The first-order valence-corrected chi connectivity index (χ1v) is 10.6. The highest BCUT2D eigenvalue weighted by Gasteiger charge is 2.28. The third-order valence-corrected chi connectivity index (χ3v) is 5.14. The van der Waals surface area contributed by atoms with Crippen molar-refractivity contribution in [3.63, 3.8) is 0 Å². The second-order valence-corrected chi connectivity index (χ2v) is 7.60. The second kappa shape index (κ2) is 10.9. The maximum absolute atomic E-state index is 12.9. The summed E-state index contributed by atoms with van der Waals surface area (Å²) in [5, 5.41) is 12.0. The average molecular weight is 451 g/mol. The van der Waals surface area contributed by atoms with E-state index in [1.54, 1.807) is 6.92 Å². The summed E-state index contributed by atoms with van der Waals surface area (Å²) in [6, 6.07) is 18.3. The average Bonchev–Trinajstić information content (AvgIpc) is 3.18. The number of carbonyl (C=O) groups excluding carboxylic acids is 1. The number of amides is 1. The van der Waals surface area contributed by atoms with Gasteiger partial charge in [0.15, 0.2) is 5.69 Å². The Kier molecular flexibility index (Phi) is 7.80. The lowest BCUT2D eigenvalue weighted by atomic mass is 9.91. The number of nitrogens with two attached hydrogens (primary N) is 2. The smallest absolute Gasteiger partial charge is 0.338 e. The Morgan fingerprint density at radius 1 is 1.06 bits per heavy atom. The van der Waals surface area contributed by atoms with E-state index in [0.29, 0.717) is 24.6 Å². The quantitative estimate of drug-likeness (QED) is 0.171. The molecule has 7 N–H and O–H groups in total. The summed E-state index contributed by atoms with van der Waals surface area (Å²) in [5.74, 6) is -1.32. The number of carboxylic acids is 1. The fourth-order valence-corrected chi connectivity index (χ4v) is 3.54. The number of oxazole rings is 1. The topological polar surface area (TPSA) is 158 Å². The van der Waals surface area contributed by atoms with Crippen LogP contribution in [-0.2, 0) is 4.79 Å². The Labute approximate surface area is 191 Å². The molecular formula is C24H28N5O4+. The first kappa shape index (κ1) is 23.5. The maximum Gasteiger partial charge on any atom is 0.338 e. The normalized spacial score (nSPS) is 11.7. The SMILES string of the molecule is Cc1oc(C(c2ccccc2)c2ccccc2)nc1C(=O)N[C@@H](CCC[NH+]=C(N)N)C(=O)O. The molecule has 3 rings (SSSR count). The number of benzene rings is 2. The number of hydrogen-bond acceptors (Lipinski definition) is 4. The van der Waals surface area contributed by atoms with Crippen LogP contribution >= 0.6 is 0 Å². The van der Waals surface area contributed by atoms with E-state index >= 15 is 0 Å². The highest BCUT2D eigenvalue weighted by atomic mass is 16.4. The van der Waals surface area contributed by atoms with Gasteiger partial charge in [-0.05, 0) is 30.9 Å². The van der Waals surface area contributed by atoms with E-state index in [2.05, 4.69) is 15.3 Å². The van der Waals surface area contributed by atoms with Crippen LogP contribution in [-0.4, -0.2) is 40.5 Å². The Balaban J connectivity index is 1.83. The molecule has 3 aromatic rings. The molecule has 33 heavy (non-hydrogen) atoms. The summed E-state index contributed by atoms with van der Waals surface area (Å²) in [5.41, 5.74) is 12.6. The Morgan fingerprint density at radius 2 is 1.64 bits per heavy atom. The van der Waals surface area contributed by atoms with Gasteiger partial charge in [0.1, 0.15) is 11.8 Å². The number of nitrogens with one attached hydrogen (secondary N) is 2. The van der Waals surface area contributed by atoms with Crippen LogP contribution in [0.5, 0.6) is 0 Å². The van der Waals surface area contributed by atoms with Gasteiger partial charge in [0.25, 0.3) is 5.91 Å². The van der Waals surface area contributed by atoms with Crippen molar-refractivity contribution in [3.05, 3.63) is 89.1 Å². The molecule has 9 nitrogen and oxygen atoms in total. The third-order valence-electron chi connectivity index (χ3n) is 5.14. The zero-order valence-electron chi connectivity index (χ0n) is 18.3. The standard InChI is InChI=1S/C24H27N5O4/c1-15-20(21(30)28-18(23(31)32)13-8-14-27-24(25)26)29-22(33-15)19(16-9-4-2-5-10-16)17-11-6-3-7-12-17/h2-7,9-12,18-19H,8,13-14H2,1H3,(H,28,30)(H,31,32)(H4,25,26,27)/p+1/t18-/m0/s1. The van der Waals surface area contributed by atoms with Gasteiger partial charge in [-0.1, -0.05) is 60.7 Å². The van der Waals surface area contributed by atoms with Crippen molar-refractivity contribution in [2.45, 2.75) is 31.7 Å². The van der Waals surface area contributed by atoms with Crippen LogP contribution < -0.4 is 21.8 Å². The van der Waals surface area contributed by atoms with E-state index in [-0.39, 0.29) is 24.0 Å². The van der Waals surface area contributed by atoms with Crippen molar-refractivity contribution in [2.75, 3.05) is 6.54 Å². The van der Waals surface area contributed by atoms with Gasteiger partial charge in [-0.15, -0.1) is 0 Å². The molecule has 0 saturated carbocycles.